The molecule has 0 spiro atoms. The van der Waals surface area contributed by atoms with E-state index in [0.29, 0.717) is 59.1 Å². The Morgan fingerprint density at radius 2 is 1.18 bits per heavy atom. The second-order valence-electron chi connectivity index (χ2n) is 16.3. The standard InChI is InChI=1S/C42H49F2N5O8S3/c1-40(2)33-25-29(27-45)11-17-35(33)48(21-7-9-23-58(50,51)52)37(40)19-15-31-13-14-32(39(31)47(6)60(56,57)42(5,43)44)16-20-38-41(3,4)34-26-30(28-46)12-18-36(34)49(38)22-8-10-24-59(53,54)55/h11-12,15-20,25-26H,7-10,13-14,21-24H2,1-6H3,(H-,50,51,52,53,54,55). The molecule has 1 saturated carbocycles. The van der Waals surface area contributed by atoms with Crippen molar-refractivity contribution < 1.29 is 47.1 Å². The molecule has 0 aromatic heterocycles. The first-order valence-corrected chi connectivity index (χ1v) is 24.0. The van der Waals surface area contributed by atoms with Crippen LogP contribution in [0.1, 0.15) is 95.4 Å². The molecule has 13 nitrogen and oxygen atoms in total. The van der Waals surface area contributed by atoms with Gasteiger partial charge in [0.05, 0.1) is 39.1 Å². The van der Waals surface area contributed by atoms with Gasteiger partial charge in [0.25, 0.3) is 10.1 Å². The van der Waals surface area contributed by atoms with E-state index in [4.69, 9.17) is 0 Å². The van der Waals surface area contributed by atoms with Gasteiger partial charge in [0.2, 0.25) is 5.71 Å². The van der Waals surface area contributed by atoms with Crippen LogP contribution in [0.4, 0.5) is 20.2 Å². The van der Waals surface area contributed by atoms with E-state index in [9.17, 15) is 53.7 Å². The monoisotopic (exact) mass is 885 g/mol. The summed E-state index contributed by atoms with van der Waals surface area (Å²) in [5.41, 5.74) is 5.10. The fourth-order valence-corrected chi connectivity index (χ4v) is 10.3. The summed E-state index contributed by atoms with van der Waals surface area (Å²) in [6.07, 6.45) is 8.56. The number of hydrogen-bond acceptors (Lipinski definition) is 11. The minimum atomic E-state index is -5.21. The van der Waals surface area contributed by atoms with Crippen LogP contribution in [0.2, 0.25) is 0 Å². The maximum Gasteiger partial charge on any atom is 0.429 e. The van der Waals surface area contributed by atoms with Crippen LogP contribution in [-0.4, -0.2) is 80.9 Å². The largest absolute Gasteiger partial charge is 0.748 e. The van der Waals surface area contributed by atoms with Crippen molar-refractivity contribution in [2.24, 2.45) is 0 Å². The molecular formula is C42H49F2N5O8S3. The summed E-state index contributed by atoms with van der Waals surface area (Å²) in [4.78, 5) is 3.94. The third-order valence-electron chi connectivity index (χ3n) is 11.4. The molecule has 0 radical (unpaired) electrons. The van der Waals surface area contributed by atoms with E-state index in [0.717, 1.165) is 40.9 Å². The predicted molar refractivity (Wildman–Crippen MR) is 225 cm³/mol. The highest BCUT2D eigenvalue weighted by Gasteiger charge is 2.50. The topological polar surface area (TPSA) is 203 Å². The smallest absolute Gasteiger partial charge is 0.429 e. The molecule has 2 aromatic carbocycles. The van der Waals surface area contributed by atoms with Crippen molar-refractivity contribution in [3.63, 3.8) is 0 Å². The van der Waals surface area contributed by atoms with Crippen molar-refractivity contribution >= 4 is 47.3 Å². The molecule has 60 heavy (non-hydrogen) atoms. The normalized spacial score (nSPS) is 21.1. The Labute approximate surface area is 351 Å². The summed E-state index contributed by atoms with van der Waals surface area (Å²) < 4.78 is 123. The number of nitrogens with zero attached hydrogens (tertiary/aromatic N) is 5. The Hall–Kier alpha value is -4.72. The van der Waals surface area contributed by atoms with E-state index in [1.54, 1.807) is 60.7 Å². The minimum absolute atomic E-state index is 0.0669. The van der Waals surface area contributed by atoms with Gasteiger partial charge in [-0.2, -0.15) is 36.1 Å². The zero-order valence-electron chi connectivity index (χ0n) is 34.4. The molecule has 1 aliphatic carbocycles. The Balaban J connectivity index is 1.63. The number of anilines is 2. The maximum absolute atomic E-state index is 14.8. The van der Waals surface area contributed by atoms with Crippen molar-refractivity contribution in [2.45, 2.75) is 89.2 Å². The number of rotatable bonds is 14. The highest BCUT2D eigenvalue weighted by molar-refractivity contribution is 7.86. The first-order valence-electron chi connectivity index (χ1n) is 19.3. The summed E-state index contributed by atoms with van der Waals surface area (Å²) in [6.45, 7) is 8.77. The molecule has 2 heterocycles. The molecule has 0 amide bonds. The van der Waals surface area contributed by atoms with Crippen LogP contribution in [0.25, 0.3) is 0 Å². The molecule has 1 fully saturated rings. The maximum atomic E-state index is 14.8. The molecule has 0 saturated heterocycles. The van der Waals surface area contributed by atoms with Crippen molar-refractivity contribution in [3.8, 4) is 12.1 Å². The average Bonchev–Trinajstić information content (AvgIpc) is 3.72. The van der Waals surface area contributed by atoms with Crippen molar-refractivity contribution in [1.82, 2.24) is 0 Å². The lowest BCUT2D eigenvalue weighted by Crippen LogP contribution is -2.36. The van der Waals surface area contributed by atoms with Gasteiger partial charge >= 0.3 is 15.3 Å². The highest BCUT2D eigenvalue weighted by Crippen LogP contribution is 2.50. The molecule has 322 valence electrons. The molecule has 5 rings (SSSR count). The lowest BCUT2D eigenvalue weighted by Gasteiger charge is -2.27. The summed E-state index contributed by atoms with van der Waals surface area (Å²) in [5, 5.41) is 15.2. The van der Waals surface area contributed by atoms with E-state index in [-0.39, 0.29) is 31.4 Å². The van der Waals surface area contributed by atoms with Gasteiger partial charge in [0.15, 0.2) is 7.05 Å². The molecule has 0 atom stereocenters. The molecule has 3 aliphatic rings. The van der Waals surface area contributed by atoms with Gasteiger partial charge in [0.1, 0.15) is 0 Å². The molecule has 0 bridgehead atoms. The number of sulfonamides is 1. The highest BCUT2D eigenvalue weighted by atomic mass is 32.2. The fourth-order valence-electron chi connectivity index (χ4n) is 8.24. The lowest BCUT2D eigenvalue weighted by atomic mass is 9.83. The third-order valence-corrected chi connectivity index (χ3v) is 14.8. The summed E-state index contributed by atoms with van der Waals surface area (Å²) >= 11 is 0. The zero-order valence-corrected chi connectivity index (χ0v) is 36.8. The van der Waals surface area contributed by atoms with Gasteiger partial charge < -0.3 is 14.4 Å². The molecule has 2 aliphatic heterocycles. The Kier molecular flexibility index (Phi) is 13.1. The second kappa shape index (κ2) is 17.0. The molecule has 18 heteroatoms. The van der Waals surface area contributed by atoms with Gasteiger partial charge in [-0.3, -0.25) is 4.55 Å². The Morgan fingerprint density at radius 1 is 0.767 bits per heavy atom. The van der Waals surface area contributed by atoms with E-state index < -0.39 is 57.8 Å². The first-order chi connectivity index (χ1) is 27.7. The van der Waals surface area contributed by atoms with Crippen LogP contribution in [0.3, 0.4) is 0 Å². The Bertz CT molecular complexity index is 2510. The fraction of sp³-hybridized carbons (Fsp3) is 0.452. The number of halogens is 2. The van der Waals surface area contributed by atoms with Crippen molar-refractivity contribution in [1.29, 1.82) is 10.5 Å². The number of nitriles is 2. The number of unbranched alkanes of at least 4 members (excludes halogenated alkanes) is 2. The van der Waals surface area contributed by atoms with Crippen LogP contribution in [0.15, 0.2) is 83.2 Å². The number of allylic oxidation sites excluding steroid dienone is 8. The number of benzene rings is 2. The first kappa shape index (κ1) is 46.3. The van der Waals surface area contributed by atoms with Gasteiger partial charge in [0, 0.05) is 70.5 Å². The van der Waals surface area contributed by atoms with Crippen LogP contribution in [-0.2, 0) is 41.1 Å². The quantitative estimate of drug-likeness (QED) is 0.119. The number of fused-ring (bicyclic) bond motifs is 2. The minimum Gasteiger partial charge on any atom is -0.748 e. The predicted octanol–water partition coefficient (Wildman–Crippen LogP) is 6.76. The summed E-state index contributed by atoms with van der Waals surface area (Å²) in [7, 11) is -12.7. The molecule has 2 aromatic rings. The van der Waals surface area contributed by atoms with E-state index in [1.165, 1.54) is 0 Å². The molecule has 1 N–H and O–H groups in total. The van der Waals surface area contributed by atoms with Gasteiger partial charge in [-0.25, -0.2) is 8.42 Å². The second-order valence-corrected chi connectivity index (χ2v) is 21.6. The summed E-state index contributed by atoms with van der Waals surface area (Å²) in [6, 6.07) is 14.8. The van der Waals surface area contributed by atoms with Crippen LogP contribution in [0.5, 0.6) is 0 Å². The van der Waals surface area contributed by atoms with Gasteiger partial charge in [-0.05, 0) is 98.2 Å². The molecule has 0 unspecified atom stereocenters. The molecular weight excluding hydrogens is 837 g/mol. The number of alkyl halides is 2. The van der Waals surface area contributed by atoms with Gasteiger partial charge in [-0.1, -0.05) is 39.8 Å². The van der Waals surface area contributed by atoms with Crippen LogP contribution in [0, 0.1) is 22.7 Å². The van der Waals surface area contributed by atoms with E-state index in [1.807, 2.05) is 37.5 Å². The Morgan fingerprint density at radius 3 is 1.55 bits per heavy atom. The third kappa shape index (κ3) is 9.58. The van der Waals surface area contributed by atoms with Crippen LogP contribution >= 0.6 is 0 Å². The summed E-state index contributed by atoms with van der Waals surface area (Å²) in [5.74, 6) is -0.955. The van der Waals surface area contributed by atoms with Gasteiger partial charge in [-0.15, -0.1) is 3.98 Å². The average molecular weight is 886 g/mol. The zero-order chi connectivity index (χ0) is 44.6. The van der Waals surface area contributed by atoms with E-state index >= 15 is 0 Å². The lowest BCUT2D eigenvalue weighted by molar-refractivity contribution is -0.334. The van der Waals surface area contributed by atoms with E-state index in [2.05, 4.69) is 12.1 Å². The van der Waals surface area contributed by atoms with Crippen molar-refractivity contribution in [2.75, 3.05) is 41.4 Å². The SMILES string of the molecule is C[N+](=C1C(=CC=C2N(CCCCS(=O)(=O)[O-])c3ccc(C#N)cc3C2(C)C)CC/C1=C\C=C1\N(CCCCS(=O)(=O)O)c2ccc(C#N)cc2C1(C)C)S(=O)(=O)C(C)(F)F. The number of hydrogen-bond donors (Lipinski definition) is 1. The van der Waals surface area contributed by atoms with Crippen LogP contribution < -0.4 is 9.80 Å². The van der Waals surface area contributed by atoms with Crippen molar-refractivity contribution in [3.05, 3.63) is 105 Å².